The summed E-state index contributed by atoms with van der Waals surface area (Å²) in [6.07, 6.45) is 3.23. The fourth-order valence-corrected chi connectivity index (χ4v) is 2.49. The van der Waals surface area contributed by atoms with Gasteiger partial charge in [0.2, 0.25) is 5.88 Å². The van der Waals surface area contributed by atoms with Crippen molar-refractivity contribution in [3.63, 3.8) is 0 Å². The predicted molar refractivity (Wildman–Crippen MR) is 78.6 cm³/mol. The number of hydrogen-bond acceptors (Lipinski definition) is 4. The van der Waals surface area contributed by atoms with E-state index in [0.717, 1.165) is 10.0 Å². The van der Waals surface area contributed by atoms with Crippen LogP contribution in [0.3, 0.4) is 0 Å². The highest BCUT2D eigenvalue weighted by Gasteiger charge is 2.21. The second kappa shape index (κ2) is 6.32. The van der Waals surface area contributed by atoms with Crippen LogP contribution in [0.4, 0.5) is 0 Å². The molecular weight excluding hydrogens is 330 g/mol. The van der Waals surface area contributed by atoms with Crippen LogP contribution in [-0.4, -0.2) is 24.1 Å². The first kappa shape index (κ1) is 14.2. The zero-order valence-corrected chi connectivity index (χ0v) is 12.9. The fraction of sp³-hybridized carbons (Fsp3) is 0.231. The summed E-state index contributed by atoms with van der Waals surface area (Å²) >= 11 is 9.76. The van der Waals surface area contributed by atoms with Gasteiger partial charge in [-0.05, 0) is 34.6 Å². The quantitative estimate of drug-likeness (QED) is 0.927. The first-order valence-corrected chi connectivity index (χ1v) is 6.82. The number of nitrogens with zero attached hydrogens (tertiary/aromatic N) is 2. The average Bonchev–Trinajstić information content (AvgIpc) is 2.45. The van der Waals surface area contributed by atoms with E-state index in [-0.39, 0.29) is 6.04 Å². The molecule has 19 heavy (non-hydrogen) atoms. The van der Waals surface area contributed by atoms with E-state index in [2.05, 4.69) is 31.2 Å². The van der Waals surface area contributed by atoms with Gasteiger partial charge in [-0.3, -0.25) is 4.98 Å². The average molecular weight is 343 g/mol. The molecular formula is C13H13BrClN3O. The van der Waals surface area contributed by atoms with Crippen molar-refractivity contribution >= 4 is 27.5 Å². The summed E-state index contributed by atoms with van der Waals surface area (Å²) in [5.74, 6) is 0.484. The van der Waals surface area contributed by atoms with E-state index in [9.17, 15) is 0 Å². The van der Waals surface area contributed by atoms with E-state index in [0.29, 0.717) is 16.6 Å². The van der Waals surface area contributed by atoms with E-state index < -0.39 is 0 Å². The van der Waals surface area contributed by atoms with Gasteiger partial charge in [-0.25, -0.2) is 4.98 Å². The normalized spacial score (nSPS) is 12.2. The van der Waals surface area contributed by atoms with Crippen LogP contribution in [0, 0.1) is 0 Å². The van der Waals surface area contributed by atoms with Gasteiger partial charge in [-0.1, -0.05) is 23.7 Å². The number of benzene rings is 1. The minimum absolute atomic E-state index is 0.186. The maximum Gasteiger partial charge on any atom is 0.237 e. The van der Waals surface area contributed by atoms with Gasteiger partial charge < -0.3 is 10.1 Å². The SMILES string of the molecule is CNC(c1cccc(Br)c1Cl)c1nccnc1OC. The summed E-state index contributed by atoms with van der Waals surface area (Å²) in [5.41, 5.74) is 1.62. The van der Waals surface area contributed by atoms with Gasteiger partial charge in [0, 0.05) is 16.9 Å². The summed E-state index contributed by atoms with van der Waals surface area (Å²) in [6.45, 7) is 0. The molecule has 1 atom stereocenters. The number of halogens is 2. The lowest BCUT2D eigenvalue weighted by Crippen LogP contribution is -2.20. The van der Waals surface area contributed by atoms with E-state index in [1.54, 1.807) is 19.5 Å². The van der Waals surface area contributed by atoms with Gasteiger partial charge in [0.25, 0.3) is 0 Å². The summed E-state index contributed by atoms with van der Waals surface area (Å²) in [6, 6.07) is 5.58. The third kappa shape index (κ3) is 2.88. The minimum atomic E-state index is -0.186. The molecule has 1 aromatic heterocycles. The molecule has 0 amide bonds. The van der Waals surface area contributed by atoms with E-state index >= 15 is 0 Å². The molecule has 0 saturated heterocycles. The Labute approximate surface area is 125 Å². The van der Waals surface area contributed by atoms with Crippen molar-refractivity contribution < 1.29 is 4.74 Å². The Morgan fingerprint density at radius 1 is 1.32 bits per heavy atom. The van der Waals surface area contributed by atoms with Crippen LogP contribution in [0.2, 0.25) is 5.02 Å². The van der Waals surface area contributed by atoms with Gasteiger partial charge in [-0.15, -0.1) is 0 Å². The highest BCUT2D eigenvalue weighted by Crippen LogP contribution is 2.34. The molecule has 100 valence electrons. The van der Waals surface area contributed by atoms with Crippen molar-refractivity contribution in [1.82, 2.24) is 15.3 Å². The Hall–Kier alpha value is -1.17. The first-order chi connectivity index (χ1) is 9.19. The lowest BCUT2D eigenvalue weighted by atomic mass is 10.0. The van der Waals surface area contributed by atoms with Crippen molar-refractivity contribution in [2.24, 2.45) is 0 Å². The first-order valence-electron chi connectivity index (χ1n) is 5.65. The summed E-state index contributed by atoms with van der Waals surface area (Å²) in [4.78, 5) is 8.51. The maximum absolute atomic E-state index is 6.34. The van der Waals surface area contributed by atoms with Crippen LogP contribution in [0.25, 0.3) is 0 Å². The number of aromatic nitrogens is 2. The van der Waals surface area contributed by atoms with Crippen LogP contribution in [0.15, 0.2) is 35.1 Å². The maximum atomic E-state index is 6.34. The van der Waals surface area contributed by atoms with Crippen molar-refractivity contribution in [2.75, 3.05) is 14.2 Å². The number of hydrogen-bond donors (Lipinski definition) is 1. The molecule has 1 N–H and O–H groups in total. The lowest BCUT2D eigenvalue weighted by Gasteiger charge is -2.19. The number of nitrogens with one attached hydrogen (secondary N) is 1. The minimum Gasteiger partial charge on any atom is -0.480 e. The van der Waals surface area contributed by atoms with E-state index in [1.807, 2.05) is 25.2 Å². The molecule has 0 spiro atoms. The Morgan fingerprint density at radius 2 is 2.05 bits per heavy atom. The summed E-state index contributed by atoms with van der Waals surface area (Å²) in [7, 11) is 3.42. The van der Waals surface area contributed by atoms with Gasteiger partial charge >= 0.3 is 0 Å². The number of methoxy groups -OCH3 is 1. The molecule has 1 heterocycles. The molecule has 0 aliphatic carbocycles. The molecule has 0 fully saturated rings. The Morgan fingerprint density at radius 3 is 2.74 bits per heavy atom. The Balaban J connectivity index is 2.53. The van der Waals surface area contributed by atoms with Crippen LogP contribution >= 0.6 is 27.5 Å². The van der Waals surface area contributed by atoms with Crippen molar-refractivity contribution in [2.45, 2.75) is 6.04 Å². The molecule has 1 aromatic carbocycles. The summed E-state index contributed by atoms with van der Waals surface area (Å²) in [5, 5.41) is 3.84. The molecule has 4 nitrogen and oxygen atoms in total. The van der Waals surface area contributed by atoms with Gasteiger partial charge in [-0.2, -0.15) is 0 Å². The van der Waals surface area contributed by atoms with Gasteiger partial charge in [0.1, 0.15) is 5.69 Å². The highest BCUT2D eigenvalue weighted by molar-refractivity contribution is 9.10. The topological polar surface area (TPSA) is 47.0 Å². The van der Waals surface area contributed by atoms with Crippen LogP contribution in [0.5, 0.6) is 5.88 Å². The number of rotatable bonds is 4. The largest absolute Gasteiger partial charge is 0.480 e. The Bertz CT molecular complexity index is 580. The fourth-order valence-electron chi connectivity index (χ4n) is 1.87. The molecule has 0 bridgehead atoms. The third-order valence-electron chi connectivity index (χ3n) is 2.74. The molecule has 2 aromatic rings. The van der Waals surface area contributed by atoms with E-state index in [1.165, 1.54) is 0 Å². The highest BCUT2D eigenvalue weighted by atomic mass is 79.9. The molecule has 0 aliphatic rings. The zero-order valence-electron chi connectivity index (χ0n) is 10.5. The number of ether oxygens (including phenoxy) is 1. The molecule has 0 saturated carbocycles. The van der Waals surface area contributed by atoms with Crippen molar-refractivity contribution in [3.8, 4) is 5.88 Å². The molecule has 2 rings (SSSR count). The monoisotopic (exact) mass is 341 g/mol. The van der Waals surface area contributed by atoms with Crippen LogP contribution < -0.4 is 10.1 Å². The summed E-state index contributed by atoms with van der Waals surface area (Å²) < 4.78 is 6.09. The standard InChI is InChI=1S/C13H13BrClN3O/c1-16-11(8-4-3-5-9(14)10(8)15)12-13(19-2)18-7-6-17-12/h3-7,11,16H,1-2H3. The second-order valence-corrected chi connectivity index (χ2v) is 5.05. The van der Waals surface area contributed by atoms with Crippen molar-refractivity contribution in [3.05, 3.63) is 51.3 Å². The van der Waals surface area contributed by atoms with E-state index in [4.69, 9.17) is 16.3 Å². The van der Waals surface area contributed by atoms with Crippen LogP contribution in [0.1, 0.15) is 17.3 Å². The molecule has 6 heteroatoms. The van der Waals surface area contributed by atoms with Crippen LogP contribution in [-0.2, 0) is 0 Å². The zero-order chi connectivity index (χ0) is 13.8. The van der Waals surface area contributed by atoms with Crippen molar-refractivity contribution in [1.29, 1.82) is 0 Å². The molecule has 0 radical (unpaired) electrons. The third-order valence-corrected chi connectivity index (χ3v) is 4.05. The molecule has 0 aliphatic heterocycles. The lowest BCUT2D eigenvalue weighted by molar-refractivity contribution is 0.384. The van der Waals surface area contributed by atoms with Gasteiger partial charge in [0.05, 0.1) is 18.2 Å². The smallest absolute Gasteiger partial charge is 0.237 e. The van der Waals surface area contributed by atoms with Gasteiger partial charge in [0.15, 0.2) is 0 Å². The predicted octanol–water partition coefficient (Wildman–Crippen LogP) is 3.21. The Kier molecular flexibility index (Phi) is 4.74. The molecule has 1 unspecified atom stereocenters. The second-order valence-electron chi connectivity index (χ2n) is 3.82.